The van der Waals surface area contributed by atoms with Gasteiger partial charge in [0.2, 0.25) is 6.79 Å². The number of amides is 2. The highest BCUT2D eigenvalue weighted by Gasteiger charge is 2.40. The van der Waals surface area contributed by atoms with Gasteiger partial charge >= 0.3 is 0 Å². The predicted molar refractivity (Wildman–Crippen MR) is 101 cm³/mol. The molecule has 28 heavy (non-hydrogen) atoms. The van der Waals surface area contributed by atoms with Crippen molar-refractivity contribution in [3.63, 3.8) is 0 Å². The molecule has 7 heteroatoms. The van der Waals surface area contributed by atoms with Crippen LogP contribution in [0.15, 0.2) is 54.2 Å². The van der Waals surface area contributed by atoms with E-state index < -0.39 is 0 Å². The Hall–Kier alpha value is -3.32. The molecule has 0 bridgehead atoms. The topological polar surface area (TPSA) is 79.3 Å². The molecule has 2 aromatic rings. The summed E-state index contributed by atoms with van der Waals surface area (Å²) in [6.07, 6.45) is 0. The summed E-state index contributed by atoms with van der Waals surface area (Å²) in [5, 5.41) is 9.30. The minimum atomic E-state index is -0.377. The number of hydrogen-bond acceptors (Lipinski definition) is 6. The largest absolute Gasteiger partial charge is 0.454 e. The van der Waals surface area contributed by atoms with Crippen molar-refractivity contribution < 1.29 is 24.2 Å². The maximum absolute atomic E-state index is 13.2. The van der Waals surface area contributed by atoms with Gasteiger partial charge in [-0.05, 0) is 23.3 Å². The zero-order valence-corrected chi connectivity index (χ0v) is 15.4. The quantitative estimate of drug-likeness (QED) is 0.768. The van der Waals surface area contributed by atoms with Gasteiger partial charge in [-0.1, -0.05) is 36.4 Å². The highest BCUT2D eigenvalue weighted by molar-refractivity contribution is 6.35. The average Bonchev–Trinajstić information content (AvgIpc) is 3.26. The number of ether oxygens (including phenoxy) is 2. The molecule has 0 aliphatic carbocycles. The Morgan fingerprint density at radius 2 is 1.79 bits per heavy atom. The summed E-state index contributed by atoms with van der Waals surface area (Å²) >= 11 is 0. The number of carbonyl (C=O) groups excluding carboxylic acids is 2. The molecule has 0 saturated carbocycles. The first-order valence-corrected chi connectivity index (χ1v) is 8.96. The Morgan fingerprint density at radius 1 is 1.04 bits per heavy atom. The Balaban J connectivity index is 1.68. The zero-order chi connectivity index (χ0) is 19.7. The van der Waals surface area contributed by atoms with E-state index >= 15 is 0 Å². The molecule has 0 aromatic heterocycles. The minimum absolute atomic E-state index is 0.119. The highest BCUT2D eigenvalue weighted by atomic mass is 16.7. The van der Waals surface area contributed by atoms with Gasteiger partial charge in [0, 0.05) is 13.6 Å². The van der Waals surface area contributed by atoms with Crippen molar-refractivity contribution in [3.8, 4) is 11.5 Å². The Kier molecular flexibility index (Phi) is 4.75. The highest BCUT2D eigenvalue weighted by Crippen LogP contribution is 2.35. The number of benzene rings is 2. The molecule has 0 atom stereocenters. The van der Waals surface area contributed by atoms with Crippen molar-refractivity contribution in [3.05, 3.63) is 65.4 Å². The van der Waals surface area contributed by atoms with Crippen molar-refractivity contribution in [2.75, 3.05) is 27.0 Å². The SMILES string of the molecule is CN(CCO)C1=C(c2ccccc2)C(=O)N(Cc2ccc3c(c2)OCO3)C1=O. The van der Waals surface area contributed by atoms with Gasteiger partial charge in [-0.15, -0.1) is 0 Å². The summed E-state index contributed by atoms with van der Waals surface area (Å²) in [6, 6.07) is 14.5. The molecule has 0 spiro atoms. The van der Waals surface area contributed by atoms with Crippen molar-refractivity contribution in [1.82, 2.24) is 9.80 Å². The smallest absolute Gasteiger partial charge is 0.278 e. The van der Waals surface area contributed by atoms with Gasteiger partial charge in [0.05, 0.1) is 18.7 Å². The second-order valence-corrected chi connectivity index (χ2v) is 6.62. The lowest BCUT2D eigenvalue weighted by Gasteiger charge is -2.20. The van der Waals surface area contributed by atoms with Crippen LogP contribution in [-0.4, -0.2) is 53.7 Å². The standard InChI is InChI=1S/C21H20N2O5/c1-22(9-10-24)19-18(15-5-3-2-4-6-15)20(25)23(21(19)26)12-14-7-8-16-17(11-14)28-13-27-16/h2-8,11,24H,9-10,12-13H2,1H3. The molecular weight excluding hydrogens is 360 g/mol. The van der Waals surface area contributed by atoms with Gasteiger partial charge in [-0.3, -0.25) is 14.5 Å². The van der Waals surface area contributed by atoms with Crippen LogP contribution in [0.1, 0.15) is 11.1 Å². The molecule has 0 unspecified atom stereocenters. The van der Waals surface area contributed by atoms with Crippen LogP contribution in [0.5, 0.6) is 11.5 Å². The lowest BCUT2D eigenvalue weighted by molar-refractivity contribution is -0.138. The van der Waals surface area contributed by atoms with Crippen LogP contribution in [-0.2, 0) is 16.1 Å². The first-order chi connectivity index (χ1) is 13.6. The fraction of sp³-hybridized carbons (Fsp3) is 0.238. The lowest BCUT2D eigenvalue weighted by Crippen LogP contribution is -2.34. The van der Waals surface area contributed by atoms with Gasteiger partial charge in [-0.25, -0.2) is 0 Å². The fourth-order valence-corrected chi connectivity index (χ4v) is 3.41. The Labute approximate surface area is 162 Å². The van der Waals surface area contributed by atoms with Crippen molar-refractivity contribution in [2.24, 2.45) is 0 Å². The van der Waals surface area contributed by atoms with Crippen LogP contribution >= 0.6 is 0 Å². The molecule has 2 heterocycles. The third-order valence-corrected chi connectivity index (χ3v) is 4.80. The normalized spacial score (nSPS) is 15.6. The number of likely N-dealkylation sites (N-methyl/N-ethyl adjacent to an activating group) is 1. The first-order valence-electron chi connectivity index (χ1n) is 8.96. The molecule has 2 aliphatic rings. The van der Waals surface area contributed by atoms with Crippen LogP contribution in [0.4, 0.5) is 0 Å². The molecule has 2 aromatic carbocycles. The van der Waals surface area contributed by atoms with E-state index in [1.54, 1.807) is 36.2 Å². The first kappa shape index (κ1) is 18.1. The van der Waals surface area contributed by atoms with Crippen LogP contribution in [0.25, 0.3) is 5.57 Å². The van der Waals surface area contributed by atoms with Gasteiger partial charge in [0.1, 0.15) is 5.70 Å². The Bertz CT molecular complexity index is 955. The van der Waals surface area contributed by atoms with Gasteiger partial charge < -0.3 is 19.5 Å². The maximum atomic E-state index is 13.2. The van der Waals surface area contributed by atoms with E-state index in [0.717, 1.165) is 5.56 Å². The van der Waals surface area contributed by atoms with Crippen LogP contribution in [0, 0.1) is 0 Å². The van der Waals surface area contributed by atoms with Gasteiger partial charge in [-0.2, -0.15) is 0 Å². The number of aliphatic hydroxyl groups excluding tert-OH is 1. The molecule has 2 aliphatic heterocycles. The zero-order valence-electron chi connectivity index (χ0n) is 15.4. The maximum Gasteiger partial charge on any atom is 0.278 e. The molecule has 1 N–H and O–H groups in total. The van der Waals surface area contributed by atoms with Crippen molar-refractivity contribution in [1.29, 1.82) is 0 Å². The second-order valence-electron chi connectivity index (χ2n) is 6.62. The molecule has 7 nitrogen and oxygen atoms in total. The van der Waals surface area contributed by atoms with E-state index in [-0.39, 0.29) is 38.3 Å². The molecular formula is C21H20N2O5. The average molecular weight is 380 g/mol. The summed E-state index contributed by atoms with van der Waals surface area (Å²) in [4.78, 5) is 29.2. The number of hydrogen-bond donors (Lipinski definition) is 1. The van der Waals surface area contributed by atoms with Gasteiger partial charge in [0.25, 0.3) is 11.8 Å². The summed E-state index contributed by atoms with van der Waals surface area (Å²) in [5.74, 6) is 0.519. The summed E-state index contributed by atoms with van der Waals surface area (Å²) in [5.41, 5.74) is 2.09. The Morgan fingerprint density at radius 3 is 2.54 bits per heavy atom. The summed E-state index contributed by atoms with van der Waals surface area (Å²) < 4.78 is 10.7. The third kappa shape index (κ3) is 3.10. The van der Waals surface area contributed by atoms with E-state index in [2.05, 4.69) is 0 Å². The molecule has 0 radical (unpaired) electrons. The third-order valence-electron chi connectivity index (χ3n) is 4.80. The van der Waals surface area contributed by atoms with E-state index in [9.17, 15) is 14.7 Å². The van der Waals surface area contributed by atoms with Crippen molar-refractivity contribution >= 4 is 17.4 Å². The number of imide groups is 1. The number of aliphatic hydroxyl groups is 1. The van der Waals surface area contributed by atoms with Gasteiger partial charge in [0.15, 0.2) is 11.5 Å². The monoisotopic (exact) mass is 380 g/mol. The van der Waals surface area contributed by atoms with Crippen LogP contribution < -0.4 is 9.47 Å². The molecule has 144 valence electrons. The molecule has 0 fully saturated rings. The van der Waals surface area contributed by atoms with E-state index in [4.69, 9.17) is 9.47 Å². The van der Waals surface area contributed by atoms with Crippen LogP contribution in [0.2, 0.25) is 0 Å². The summed E-state index contributed by atoms with van der Waals surface area (Å²) in [6.45, 7) is 0.422. The van der Waals surface area contributed by atoms with E-state index in [1.165, 1.54) is 4.90 Å². The predicted octanol–water partition coefficient (Wildman–Crippen LogP) is 1.62. The number of fused-ring (bicyclic) bond motifs is 1. The minimum Gasteiger partial charge on any atom is -0.454 e. The van der Waals surface area contributed by atoms with Crippen LogP contribution in [0.3, 0.4) is 0 Å². The van der Waals surface area contributed by atoms with Crippen molar-refractivity contribution in [2.45, 2.75) is 6.54 Å². The molecule has 4 rings (SSSR count). The molecule has 0 saturated heterocycles. The lowest BCUT2D eigenvalue weighted by atomic mass is 10.0. The number of nitrogens with zero attached hydrogens (tertiary/aromatic N) is 2. The molecule has 2 amide bonds. The summed E-state index contributed by atoms with van der Waals surface area (Å²) in [7, 11) is 1.70. The van der Waals surface area contributed by atoms with E-state index in [1.807, 2.05) is 24.3 Å². The second kappa shape index (κ2) is 7.36. The fourth-order valence-electron chi connectivity index (χ4n) is 3.41. The number of rotatable bonds is 6. The number of carbonyl (C=O) groups is 2. The van der Waals surface area contributed by atoms with E-state index in [0.29, 0.717) is 28.3 Å².